The molecule has 114 valence electrons. The van der Waals surface area contributed by atoms with Crippen LogP contribution < -0.4 is 4.74 Å². The largest absolute Gasteiger partial charge is 0.486 e. The summed E-state index contributed by atoms with van der Waals surface area (Å²) in [4.78, 5) is 6.73. The summed E-state index contributed by atoms with van der Waals surface area (Å²) in [6, 6.07) is 3.88. The molecule has 0 amide bonds. The summed E-state index contributed by atoms with van der Waals surface area (Å²) in [7, 11) is 0. The van der Waals surface area contributed by atoms with Crippen molar-refractivity contribution >= 4 is 0 Å². The summed E-state index contributed by atoms with van der Waals surface area (Å²) < 4.78 is 12.2. The highest BCUT2D eigenvalue weighted by molar-refractivity contribution is 5.16. The van der Waals surface area contributed by atoms with Gasteiger partial charge in [-0.3, -0.25) is 4.98 Å². The van der Waals surface area contributed by atoms with Gasteiger partial charge in [-0.05, 0) is 43.7 Å². The molecule has 0 unspecified atom stereocenters. The first-order chi connectivity index (χ1) is 10.3. The number of nitrogens with zero attached hydrogens (tertiary/aromatic N) is 2. The second-order valence-electron chi connectivity index (χ2n) is 6.87. The zero-order chi connectivity index (χ0) is 14.1. The molecule has 0 bridgehead atoms. The van der Waals surface area contributed by atoms with Crippen molar-refractivity contribution in [3.05, 3.63) is 24.5 Å². The third-order valence-corrected chi connectivity index (χ3v) is 5.09. The van der Waals surface area contributed by atoms with E-state index in [2.05, 4.69) is 9.88 Å². The molecule has 1 saturated carbocycles. The fourth-order valence-electron chi connectivity index (χ4n) is 3.64. The van der Waals surface area contributed by atoms with Crippen LogP contribution in [0.1, 0.15) is 32.1 Å². The highest BCUT2D eigenvalue weighted by atomic mass is 16.6. The predicted octanol–water partition coefficient (Wildman–Crippen LogP) is 2.49. The molecule has 3 aliphatic rings. The molecule has 2 saturated heterocycles. The van der Waals surface area contributed by atoms with Gasteiger partial charge in [0, 0.05) is 32.3 Å². The van der Waals surface area contributed by atoms with Crippen LogP contribution in [0.3, 0.4) is 0 Å². The van der Waals surface area contributed by atoms with Gasteiger partial charge in [-0.15, -0.1) is 0 Å². The van der Waals surface area contributed by atoms with Crippen LogP contribution in [0, 0.1) is 5.92 Å². The summed E-state index contributed by atoms with van der Waals surface area (Å²) in [6.07, 6.45) is 9.97. The Balaban J connectivity index is 1.29. The zero-order valence-corrected chi connectivity index (χ0v) is 12.5. The van der Waals surface area contributed by atoms with Crippen molar-refractivity contribution in [1.82, 2.24) is 9.88 Å². The Morgan fingerprint density at radius 2 is 2.19 bits per heavy atom. The maximum absolute atomic E-state index is 6.16. The average Bonchev–Trinajstić information content (AvgIpc) is 3.25. The molecule has 2 aliphatic heterocycles. The smallest absolute Gasteiger partial charge is 0.138 e. The molecule has 3 heterocycles. The van der Waals surface area contributed by atoms with Crippen molar-refractivity contribution in [2.45, 2.75) is 43.8 Å². The fraction of sp³-hybridized carbons (Fsp3) is 0.706. The number of hydrogen-bond donors (Lipinski definition) is 0. The van der Waals surface area contributed by atoms with Crippen LogP contribution in [-0.2, 0) is 4.74 Å². The topological polar surface area (TPSA) is 34.6 Å². The van der Waals surface area contributed by atoms with Crippen LogP contribution in [0.2, 0.25) is 0 Å². The van der Waals surface area contributed by atoms with Crippen LogP contribution in [0.4, 0.5) is 0 Å². The van der Waals surface area contributed by atoms with E-state index in [4.69, 9.17) is 9.47 Å². The molecule has 0 radical (unpaired) electrons. The molecule has 0 N–H and O–H groups in total. The number of piperidine rings is 1. The van der Waals surface area contributed by atoms with E-state index in [0.29, 0.717) is 0 Å². The van der Waals surface area contributed by atoms with Crippen LogP contribution in [0.25, 0.3) is 0 Å². The third-order valence-electron chi connectivity index (χ3n) is 5.09. The molecule has 1 aromatic rings. The van der Waals surface area contributed by atoms with Gasteiger partial charge in [0.2, 0.25) is 0 Å². The molecule has 21 heavy (non-hydrogen) atoms. The van der Waals surface area contributed by atoms with Crippen molar-refractivity contribution in [1.29, 1.82) is 0 Å². The number of rotatable bonds is 4. The lowest BCUT2D eigenvalue weighted by Crippen LogP contribution is -2.45. The van der Waals surface area contributed by atoms with Crippen LogP contribution in [-0.4, -0.2) is 47.8 Å². The minimum Gasteiger partial charge on any atom is -0.486 e. The Morgan fingerprint density at radius 1 is 1.33 bits per heavy atom. The number of ether oxygens (including phenoxy) is 2. The normalized spacial score (nSPS) is 28.9. The first-order valence-corrected chi connectivity index (χ1v) is 8.24. The molecule has 1 aliphatic carbocycles. The molecule has 3 fully saturated rings. The minimum atomic E-state index is 0.0763. The summed E-state index contributed by atoms with van der Waals surface area (Å²) in [5, 5.41) is 0. The van der Waals surface area contributed by atoms with Gasteiger partial charge >= 0.3 is 0 Å². The molecule has 1 atom stereocenters. The first kappa shape index (κ1) is 13.5. The highest BCUT2D eigenvalue weighted by Crippen LogP contribution is 2.38. The second kappa shape index (κ2) is 5.58. The molecule has 4 nitrogen and oxygen atoms in total. The minimum absolute atomic E-state index is 0.0763. The van der Waals surface area contributed by atoms with E-state index in [0.717, 1.165) is 37.5 Å². The molecular weight excluding hydrogens is 264 g/mol. The molecule has 1 aromatic heterocycles. The van der Waals surface area contributed by atoms with Gasteiger partial charge in [-0.2, -0.15) is 0 Å². The Labute approximate surface area is 126 Å². The lowest BCUT2D eigenvalue weighted by atomic mass is 9.88. The van der Waals surface area contributed by atoms with E-state index in [1.54, 1.807) is 12.4 Å². The zero-order valence-electron chi connectivity index (χ0n) is 12.5. The first-order valence-electron chi connectivity index (χ1n) is 8.24. The lowest BCUT2D eigenvalue weighted by Gasteiger charge is -2.38. The quantitative estimate of drug-likeness (QED) is 0.852. The van der Waals surface area contributed by atoms with Gasteiger partial charge in [0.05, 0.1) is 18.4 Å². The van der Waals surface area contributed by atoms with E-state index in [-0.39, 0.29) is 11.7 Å². The Kier molecular flexibility index (Phi) is 3.59. The van der Waals surface area contributed by atoms with Gasteiger partial charge < -0.3 is 14.4 Å². The summed E-state index contributed by atoms with van der Waals surface area (Å²) in [5.41, 5.74) is 0.0763. The van der Waals surface area contributed by atoms with Crippen LogP contribution in [0.5, 0.6) is 5.75 Å². The standard InChI is InChI=1S/C17H24N2O2/c1-2-15(11-18-7-1)21-16-10-17(20-13-16)5-8-19(9-6-17)12-14-3-4-14/h1-2,7,11,14,16H,3-6,8-10,12-13H2/t16-/m1/s1. The van der Waals surface area contributed by atoms with Crippen LogP contribution in [0.15, 0.2) is 24.5 Å². The number of hydrogen-bond acceptors (Lipinski definition) is 4. The molecule has 4 heteroatoms. The van der Waals surface area contributed by atoms with Gasteiger partial charge in [-0.25, -0.2) is 0 Å². The summed E-state index contributed by atoms with van der Waals surface area (Å²) >= 11 is 0. The van der Waals surface area contributed by atoms with E-state index < -0.39 is 0 Å². The summed E-state index contributed by atoms with van der Waals surface area (Å²) in [5.74, 6) is 1.85. The Bertz CT molecular complexity index is 467. The van der Waals surface area contributed by atoms with Gasteiger partial charge in [0.1, 0.15) is 11.9 Å². The number of aromatic nitrogens is 1. The Morgan fingerprint density at radius 3 is 2.90 bits per heavy atom. The monoisotopic (exact) mass is 288 g/mol. The third kappa shape index (κ3) is 3.22. The van der Waals surface area contributed by atoms with Crippen LogP contribution >= 0.6 is 0 Å². The van der Waals surface area contributed by atoms with E-state index in [1.165, 1.54) is 32.5 Å². The maximum atomic E-state index is 6.16. The fourth-order valence-corrected chi connectivity index (χ4v) is 3.64. The second-order valence-corrected chi connectivity index (χ2v) is 6.87. The number of pyridine rings is 1. The van der Waals surface area contributed by atoms with E-state index in [1.807, 2.05) is 12.1 Å². The highest BCUT2D eigenvalue weighted by Gasteiger charge is 2.44. The van der Waals surface area contributed by atoms with Crippen molar-refractivity contribution in [2.75, 3.05) is 26.2 Å². The SMILES string of the molecule is c1cncc(O[C@H]2COC3(CCN(CC4CC4)CC3)C2)c1. The molecular formula is C17H24N2O2. The van der Waals surface area contributed by atoms with E-state index >= 15 is 0 Å². The van der Waals surface area contributed by atoms with Gasteiger partial charge in [0.15, 0.2) is 0 Å². The average molecular weight is 288 g/mol. The molecule has 0 aromatic carbocycles. The number of likely N-dealkylation sites (tertiary alicyclic amines) is 1. The van der Waals surface area contributed by atoms with Crippen molar-refractivity contribution in [3.8, 4) is 5.75 Å². The lowest BCUT2D eigenvalue weighted by molar-refractivity contribution is -0.0446. The Hall–Kier alpha value is -1.13. The predicted molar refractivity (Wildman–Crippen MR) is 80.4 cm³/mol. The van der Waals surface area contributed by atoms with Crippen molar-refractivity contribution in [3.63, 3.8) is 0 Å². The van der Waals surface area contributed by atoms with Crippen molar-refractivity contribution < 1.29 is 9.47 Å². The van der Waals surface area contributed by atoms with Gasteiger partial charge in [0.25, 0.3) is 0 Å². The summed E-state index contributed by atoms with van der Waals surface area (Å²) in [6.45, 7) is 4.41. The van der Waals surface area contributed by atoms with Gasteiger partial charge in [-0.1, -0.05) is 0 Å². The molecule has 4 rings (SSSR count). The van der Waals surface area contributed by atoms with Crippen molar-refractivity contribution in [2.24, 2.45) is 5.92 Å². The van der Waals surface area contributed by atoms with E-state index in [9.17, 15) is 0 Å². The molecule has 1 spiro atoms. The maximum Gasteiger partial charge on any atom is 0.138 e.